The van der Waals surface area contributed by atoms with Crippen molar-refractivity contribution >= 4 is 11.8 Å². The third kappa shape index (κ3) is 4.82. The second-order valence-corrected chi connectivity index (χ2v) is 6.87. The quantitative estimate of drug-likeness (QED) is 0.832. The number of hydrogen-bond donors (Lipinski definition) is 1. The van der Waals surface area contributed by atoms with Crippen LogP contribution in [0, 0.1) is 5.92 Å². The average Bonchev–Trinajstić information content (AvgIpc) is 2.69. The van der Waals surface area contributed by atoms with Gasteiger partial charge in [0.15, 0.2) is 0 Å². The molecule has 0 unspecified atom stereocenters. The molecule has 1 aliphatic rings. The number of aromatic nitrogens is 2. The third-order valence-corrected chi connectivity index (χ3v) is 4.94. The molecule has 10 heteroatoms. The largest absolute Gasteiger partial charge is 0.416 e. The molecule has 7 nitrogen and oxygen atoms in total. The Bertz CT molecular complexity index is 962. The summed E-state index contributed by atoms with van der Waals surface area (Å²) in [6.07, 6.45) is -2.27. The van der Waals surface area contributed by atoms with Gasteiger partial charge >= 0.3 is 6.18 Å². The molecule has 154 valence electrons. The fourth-order valence-corrected chi connectivity index (χ4v) is 3.19. The number of carbonyl (C=O) groups is 2. The van der Waals surface area contributed by atoms with Crippen molar-refractivity contribution in [2.24, 2.45) is 11.7 Å². The van der Waals surface area contributed by atoms with Crippen molar-refractivity contribution in [3.63, 3.8) is 0 Å². The number of halogens is 3. The summed E-state index contributed by atoms with van der Waals surface area (Å²) in [5.74, 6) is -0.901. The van der Waals surface area contributed by atoms with E-state index in [4.69, 9.17) is 5.73 Å². The molecule has 0 atom stereocenters. The second-order valence-electron chi connectivity index (χ2n) is 6.87. The first-order valence-corrected chi connectivity index (χ1v) is 8.96. The summed E-state index contributed by atoms with van der Waals surface area (Å²) in [5.41, 5.74) is 4.57. The van der Waals surface area contributed by atoms with Gasteiger partial charge in [-0.1, -0.05) is 12.1 Å². The van der Waals surface area contributed by atoms with Crippen LogP contribution in [0.25, 0.3) is 11.3 Å². The van der Waals surface area contributed by atoms with Crippen molar-refractivity contribution in [3.05, 3.63) is 52.6 Å². The number of carbonyl (C=O) groups excluding carboxylic acids is 2. The Labute approximate surface area is 163 Å². The highest BCUT2D eigenvalue weighted by Gasteiger charge is 2.30. The normalized spacial score (nSPS) is 15.3. The first kappa shape index (κ1) is 20.6. The third-order valence-electron chi connectivity index (χ3n) is 4.94. The van der Waals surface area contributed by atoms with E-state index in [1.165, 1.54) is 24.5 Å². The molecule has 2 N–H and O–H groups in total. The number of rotatable bonds is 4. The number of nitrogens with two attached hydrogens (primary N) is 1. The number of nitrogens with zero attached hydrogens (tertiary/aromatic N) is 3. The van der Waals surface area contributed by atoms with E-state index in [-0.39, 0.29) is 30.0 Å². The summed E-state index contributed by atoms with van der Waals surface area (Å²) >= 11 is 0. The number of amides is 2. The number of piperidine rings is 1. The minimum absolute atomic E-state index is 0.208. The number of likely N-dealkylation sites (tertiary alicyclic amines) is 1. The Balaban J connectivity index is 1.68. The molecular formula is C19H19F3N4O3. The van der Waals surface area contributed by atoms with Crippen LogP contribution >= 0.6 is 0 Å². The summed E-state index contributed by atoms with van der Waals surface area (Å²) in [6.45, 7) is 0.566. The predicted octanol–water partition coefficient (Wildman–Crippen LogP) is 1.65. The second kappa shape index (κ2) is 8.06. The monoisotopic (exact) mass is 408 g/mol. The molecule has 1 aliphatic heterocycles. The van der Waals surface area contributed by atoms with Crippen molar-refractivity contribution in [1.82, 2.24) is 14.5 Å². The maximum Gasteiger partial charge on any atom is 0.416 e. The molecule has 1 fully saturated rings. The van der Waals surface area contributed by atoms with E-state index in [0.717, 1.165) is 16.7 Å². The molecule has 29 heavy (non-hydrogen) atoms. The minimum Gasteiger partial charge on any atom is -0.369 e. The van der Waals surface area contributed by atoms with E-state index in [1.54, 1.807) is 4.90 Å². The van der Waals surface area contributed by atoms with Crippen LogP contribution in [-0.2, 0) is 22.3 Å². The molecule has 0 spiro atoms. The molecule has 2 amide bonds. The van der Waals surface area contributed by atoms with E-state index in [0.29, 0.717) is 31.5 Å². The summed E-state index contributed by atoms with van der Waals surface area (Å²) < 4.78 is 39.1. The van der Waals surface area contributed by atoms with Gasteiger partial charge in [0.25, 0.3) is 5.56 Å². The zero-order chi connectivity index (χ0) is 21.2. The lowest BCUT2D eigenvalue weighted by atomic mass is 9.96. The SMILES string of the molecule is NC(=O)C1CCN(C(=O)Cn2cnc(-c3ccc(C(F)(F)F)cc3)cc2=O)CC1. The first-order chi connectivity index (χ1) is 13.6. The van der Waals surface area contributed by atoms with Gasteiger partial charge in [-0.15, -0.1) is 0 Å². The van der Waals surface area contributed by atoms with Gasteiger partial charge in [-0.3, -0.25) is 19.0 Å². The van der Waals surface area contributed by atoms with Crippen LogP contribution in [0.4, 0.5) is 13.2 Å². The average molecular weight is 408 g/mol. The molecule has 2 heterocycles. The zero-order valence-corrected chi connectivity index (χ0v) is 15.4. The molecular weight excluding hydrogens is 389 g/mol. The summed E-state index contributed by atoms with van der Waals surface area (Å²) in [7, 11) is 0. The maximum atomic E-state index is 12.6. The Hall–Kier alpha value is -3.17. The molecule has 1 aromatic heterocycles. The van der Waals surface area contributed by atoms with Gasteiger partial charge in [0.1, 0.15) is 6.54 Å². The standard InChI is InChI=1S/C19H19F3N4O3/c20-19(21,22)14-3-1-12(2-4-14)15-9-16(27)26(11-24-15)10-17(28)25-7-5-13(6-8-25)18(23)29/h1-4,9,11,13H,5-8,10H2,(H2,23,29). The fraction of sp³-hybridized carbons (Fsp3) is 0.368. The van der Waals surface area contributed by atoms with E-state index in [2.05, 4.69) is 4.98 Å². The van der Waals surface area contributed by atoms with Crippen LogP contribution in [0.2, 0.25) is 0 Å². The van der Waals surface area contributed by atoms with Gasteiger partial charge < -0.3 is 10.6 Å². The molecule has 0 saturated carbocycles. The van der Waals surface area contributed by atoms with E-state index >= 15 is 0 Å². The first-order valence-electron chi connectivity index (χ1n) is 8.96. The van der Waals surface area contributed by atoms with Crippen LogP contribution in [0.15, 0.2) is 41.5 Å². The smallest absolute Gasteiger partial charge is 0.369 e. The highest BCUT2D eigenvalue weighted by atomic mass is 19.4. The lowest BCUT2D eigenvalue weighted by Crippen LogP contribution is -2.43. The van der Waals surface area contributed by atoms with Crippen molar-refractivity contribution < 1.29 is 22.8 Å². The number of benzene rings is 1. The zero-order valence-electron chi connectivity index (χ0n) is 15.4. The highest BCUT2D eigenvalue weighted by Crippen LogP contribution is 2.30. The molecule has 1 aromatic carbocycles. The van der Waals surface area contributed by atoms with E-state index in [1.807, 2.05) is 0 Å². The number of primary amides is 1. The van der Waals surface area contributed by atoms with Gasteiger partial charge in [-0.05, 0) is 25.0 Å². The van der Waals surface area contributed by atoms with Crippen molar-refractivity contribution in [2.75, 3.05) is 13.1 Å². The maximum absolute atomic E-state index is 12.6. The molecule has 3 rings (SSSR count). The van der Waals surface area contributed by atoms with E-state index < -0.39 is 17.3 Å². The molecule has 2 aromatic rings. The molecule has 0 aliphatic carbocycles. The molecule has 0 bridgehead atoms. The summed E-state index contributed by atoms with van der Waals surface area (Å²) in [6, 6.07) is 5.49. The molecule has 0 radical (unpaired) electrons. The van der Waals surface area contributed by atoms with Crippen LogP contribution in [-0.4, -0.2) is 39.4 Å². The Morgan fingerprint density at radius 2 is 1.76 bits per heavy atom. The Morgan fingerprint density at radius 1 is 1.14 bits per heavy atom. The number of hydrogen-bond acceptors (Lipinski definition) is 4. The highest BCUT2D eigenvalue weighted by molar-refractivity contribution is 5.78. The lowest BCUT2D eigenvalue weighted by Gasteiger charge is -2.30. The van der Waals surface area contributed by atoms with Crippen molar-refractivity contribution in [2.45, 2.75) is 25.6 Å². The van der Waals surface area contributed by atoms with E-state index in [9.17, 15) is 27.6 Å². The van der Waals surface area contributed by atoms with Crippen LogP contribution in [0.1, 0.15) is 18.4 Å². The Morgan fingerprint density at radius 3 is 2.28 bits per heavy atom. The fourth-order valence-electron chi connectivity index (χ4n) is 3.19. The van der Waals surface area contributed by atoms with Crippen LogP contribution < -0.4 is 11.3 Å². The van der Waals surface area contributed by atoms with Crippen LogP contribution in [0.5, 0.6) is 0 Å². The summed E-state index contributed by atoms with van der Waals surface area (Å²) in [5, 5.41) is 0. The predicted molar refractivity (Wildman–Crippen MR) is 97.4 cm³/mol. The molecule has 1 saturated heterocycles. The van der Waals surface area contributed by atoms with Gasteiger partial charge in [0, 0.05) is 30.6 Å². The van der Waals surface area contributed by atoms with Gasteiger partial charge in [0.05, 0.1) is 17.6 Å². The van der Waals surface area contributed by atoms with Crippen LogP contribution in [0.3, 0.4) is 0 Å². The van der Waals surface area contributed by atoms with Gasteiger partial charge in [-0.2, -0.15) is 13.2 Å². The van der Waals surface area contributed by atoms with Gasteiger partial charge in [0.2, 0.25) is 11.8 Å². The lowest BCUT2D eigenvalue weighted by molar-refractivity contribution is -0.137. The van der Waals surface area contributed by atoms with Crippen molar-refractivity contribution in [3.8, 4) is 11.3 Å². The summed E-state index contributed by atoms with van der Waals surface area (Å²) in [4.78, 5) is 41.6. The van der Waals surface area contributed by atoms with Gasteiger partial charge in [-0.25, -0.2) is 4.98 Å². The number of alkyl halides is 3. The minimum atomic E-state index is -4.44. The van der Waals surface area contributed by atoms with Crippen molar-refractivity contribution in [1.29, 1.82) is 0 Å². The topological polar surface area (TPSA) is 98.3 Å². The Kier molecular flexibility index (Phi) is 5.71.